The number of methoxy groups -OCH3 is 1. The number of anilines is 1. The van der Waals surface area contributed by atoms with Crippen LogP contribution in [-0.2, 0) is 9.53 Å². The van der Waals surface area contributed by atoms with Gasteiger partial charge in [-0.2, -0.15) is 0 Å². The summed E-state index contributed by atoms with van der Waals surface area (Å²) >= 11 is 3.38. The van der Waals surface area contributed by atoms with E-state index in [1.165, 1.54) is 30.4 Å². The first-order chi connectivity index (χ1) is 16.4. The maximum atomic E-state index is 13.5. The molecular weight excluding hydrogens is 506 g/mol. The van der Waals surface area contributed by atoms with Gasteiger partial charge in [-0.25, -0.2) is 4.79 Å². The molecule has 0 radical (unpaired) electrons. The van der Waals surface area contributed by atoms with Crippen molar-refractivity contribution in [3.05, 3.63) is 99.8 Å². The Morgan fingerprint density at radius 3 is 2.65 bits per heavy atom. The predicted octanol–water partition coefficient (Wildman–Crippen LogP) is 5.36. The summed E-state index contributed by atoms with van der Waals surface area (Å²) in [5.41, 5.74) is 0.764. The molecule has 1 N–H and O–H groups in total. The quantitative estimate of drug-likeness (QED) is 0.278. The number of benzene rings is 2. The molecule has 1 aliphatic rings. The Morgan fingerprint density at radius 1 is 1.09 bits per heavy atom. The van der Waals surface area contributed by atoms with Crippen LogP contribution >= 0.6 is 15.9 Å². The van der Waals surface area contributed by atoms with E-state index < -0.39 is 29.5 Å². The molecule has 5 rings (SSSR count). The lowest BCUT2D eigenvalue weighted by Gasteiger charge is -2.25. The number of halogens is 1. The summed E-state index contributed by atoms with van der Waals surface area (Å²) in [6.07, 6.45) is 1.40. The van der Waals surface area contributed by atoms with Crippen LogP contribution in [0, 0.1) is 0 Å². The summed E-state index contributed by atoms with van der Waals surface area (Å²) in [7, 11) is 1.25. The van der Waals surface area contributed by atoms with Crippen molar-refractivity contribution >= 4 is 50.2 Å². The largest absolute Gasteiger partial charge is 0.503 e. The lowest BCUT2D eigenvalue weighted by Crippen LogP contribution is -2.31. The molecule has 2 aromatic carbocycles. The van der Waals surface area contributed by atoms with Crippen molar-refractivity contribution in [3.8, 4) is 0 Å². The van der Waals surface area contributed by atoms with Crippen LogP contribution in [0.4, 0.5) is 5.69 Å². The first-order valence-electron chi connectivity index (χ1n) is 10.1. The molecule has 1 atom stereocenters. The fourth-order valence-electron chi connectivity index (χ4n) is 3.98. The van der Waals surface area contributed by atoms with Gasteiger partial charge in [-0.15, -0.1) is 0 Å². The van der Waals surface area contributed by atoms with E-state index >= 15 is 0 Å². The van der Waals surface area contributed by atoms with Crippen LogP contribution in [0.25, 0.3) is 11.0 Å². The minimum Gasteiger partial charge on any atom is -0.503 e. The number of hydrogen-bond donors (Lipinski definition) is 1. The monoisotopic (exact) mass is 521 g/mol. The van der Waals surface area contributed by atoms with Crippen molar-refractivity contribution < 1.29 is 33.1 Å². The highest BCUT2D eigenvalue weighted by atomic mass is 79.9. The highest BCUT2D eigenvalue weighted by molar-refractivity contribution is 9.10. The van der Waals surface area contributed by atoms with Gasteiger partial charge in [0.25, 0.3) is 5.91 Å². The number of amides is 1. The van der Waals surface area contributed by atoms with Gasteiger partial charge in [0.15, 0.2) is 11.5 Å². The summed E-state index contributed by atoms with van der Waals surface area (Å²) in [5.74, 6) is -2.58. The average Bonchev–Trinajstić information content (AvgIpc) is 3.57. The van der Waals surface area contributed by atoms with Crippen LogP contribution in [0.2, 0.25) is 0 Å². The number of nitrogens with zero attached hydrogens (tertiary/aromatic N) is 1. The van der Waals surface area contributed by atoms with Gasteiger partial charge in [-0.3, -0.25) is 14.5 Å². The highest BCUT2D eigenvalue weighted by Gasteiger charge is 2.46. The number of Topliss-reactive ketones (excluding diaryl/α,β-unsaturated/α-hetero) is 1. The Hall–Kier alpha value is -4.11. The zero-order chi connectivity index (χ0) is 24.0. The van der Waals surface area contributed by atoms with Gasteiger partial charge in [0, 0.05) is 15.5 Å². The SMILES string of the molecule is COC(=O)c1cccc(N2C(=O)C(O)=C(C(=O)c3cc4cc(Br)ccc4o3)C2c2ccco2)c1. The van der Waals surface area contributed by atoms with Crippen molar-refractivity contribution in [2.75, 3.05) is 12.0 Å². The molecule has 9 heteroatoms. The minimum atomic E-state index is -1.08. The molecule has 1 aliphatic heterocycles. The fourth-order valence-corrected chi connectivity index (χ4v) is 4.36. The van der Waals surface area contributed by atoms with Gasteiger partial charge in [0.2, 0.25) is 5.78 Å². The predicted molar refractivity (Wildman–Crippen MR) is 125 cm³/mol. The van der Waals surface area contributed by atoms with Gasteiger partial charge >= 0.3 is 5.97 Å². The van der Waals surface area contributed by atoms with Crippen molar-refractivity contribution in [1.29, 1.82) is 0 Å². The molecule has 3 heterocycles. The van der Waals surface area contributed by atoms with Crippen molar-refractivity contribution in [1.82, 2.24) is 0 Å². The molecule has 8 nitrogen and oxygen atoms in total. The van der Waals surface area contributed by atoms with E-state index in [0.717, 1.165) is 4.47 Å². The third-order valence-electron chi connectivity index (χ3n) is 5.51. The van der Waals surface area contributed by atoms with Gasteiger partial charge in [-0.1, -0.05) is 22.0 Å². The van der Waals surface area contributed by atoms with E-state index in [9.17, 15) is 19.5 Å². The molecule has 1 unspecified atom stereocenters. The summed E-state index contributed by atoms with van der Waals surface area (Å²) in [6, 6.07) is 15.1. The second kappa shape index (κ2) is 8.35. The average molecular weight is 522 g/mol. The van der Waals surface area contributed by atoms with E-state index in [1.54, 1.807) is 48.5 Å². The van der Waals surface area contributed by atoms with Crippen LogP contribution in [-0.4, -0.2) is 29.9 Å². The van der Waals surface area contributed by atoms with Crippen LogP contribution < -0.4 is 4.90 Å². The van der Waals surface area contributed by atoms with E-state index in [4.69, 9.17) is 13.6 Å². The molecular formula is C25H16BrNO7. The molecule has 0 aliphatic carbocycles. The molecule has 0 saturated carbocycles. The summed E-state index contributed by atoms with van der Waals surface area (Å²) < 4.78 is 16.8. The highest BCUT2D eigenvalue weighted by Crippen LogP contribution is 2.42. The smallest absolute Gasteiger partial charge is 0.337 e. The number of esters is 1. The first-order valence-corrected chi connectivity index (χ1v) is 10.9. The maximum Gasteiger partial charge on any atom is 0.337 e. The van der Waals surface area contributed by atoms with Crippen molar-refractivity contribution in [3.63, 3.8) is 0 Å². The number of ether oxygens (including phenoxy) is 1. The Balaban J connectivity index is 1.62. The topological polar surface area (TPSA) is 110 Å². The number of furan rings is 2. The molecule has 0 fully saturated rings. The van der Waals surface area contributed by atoms with Gasteiger partial charge < -0.3 is 18.7 Å². The molecule has 34 heavy (non-hydrogen) atoms. The number of carbonyl (C=O) groups excluding carboxylic acids is 3. The molecule has 170 valence electrons. The molecule has 0 spiro atoms. The lowest BCUT2D eigenvalue weighted by molar-refractivity contribution is -0.117. The van der Waals surface area contributed by atoms with Crippen LogP contribution in [0.3, 0.4) is 0 Å². The summed E-state index contributed by atoms with van der Waals surface area (Å²) in [6.45, 7) is 0. The third kappa shape index (κ3) is 3.50. The Kier molecular flexibility index (Phi) is 5.33. The second-order valence-electron chi connectivity index (χ2n) is 7.52. The number of ketones is 1. The number of hydrogen-bond acceptors (Lipinski definition) is 7. The van der Waals surface area contributed by atoms with Crippen LogP contribution in [0.5, 0.6) is 0 Å². The molecule has 1 amide bonds. The molecule has 2 aromatic heterocycles. The van der Waals surface area contributed by atoms with E-state index in [2.05, 4.69) is 15.9 Å². The van der Waals surface area contributed by atoms with Crippen molar-refractivity contribution in [2.24, 2.45) is 0 Å². The number of aliphatic hydroxyl groups excluding tert-OH is 1. The Bertz CT molecular complexity index is 1480. The zero-order valence-corrected chi connectivity index (χ0v) is 19.2. The number of rotatable bonds is 5. The first kappa shape index (κ1) is 21.7. The third-order valence-corrected chi connectivity index (χ3v) is 6.01. The number of carbonyl (C=O) groups is 3. The molecule has 0 bridgehead atoms. The Labute approximate surface area is 201 Å². The normalized spacial score (nSPS) is 15.9. The maximum absolute atomic E-state index is 13.5. The second-order valence-corrected chi connectivity index (χ2v) is 8.43. The fraction of sp³-hybridized carbons (Fsp3) is 0.0800. The van der Waals surface area contributed by atoms with Crippen LogP contribution in [0.1, 0.15) is 32.7 Å². The minimum absolute atomic E-state index is 0.0378. The van der Waals surface area contributed by atoms with E-state index in [0.29, 0.717) is 11.0 Å². The zero-order valence-electron chi connectivity index (χ0n) is 17.7. The lowest BCUT2D eigenvalue weighted by atomic mass is 9.99. The molecule has 4 aromatic rings. The number of fused-ring (bicyclic) bond motifs is 1. The van der Waals surface area contributed by atoms with Crippen LogP contribution in [0.15, 0.2) is 91.6 Å². The van der Waals surface area contributed by atoms with Gasteiger partial charge in [0.1, 0.15) is 17.4 Å². The summed E-state index contributed by atoms with van der Waals surface area (Å²) in [5, 5.41) is 11.5. The van der Waals surface area contributed by atoms with Gasteiger partial charge in [0.05, 0.1) is 24.5 Å². The van der Waals surface area contributed by atoms with Gasteiger partial charge in [-0.05, 0) is 54.6 Å². The van der Waals surface area contributed by atoms with E-state index in [-0.39, 0.29) is 28.3 Å². The number of aliphatic hydroxyl groups is 1. The molecule has 0 saturated heterocycles. The summed E-state index contributed by atoms with van der Waals surface area (Å²) in [4.78, 5) is 40.0. The standard InChI is InChI=1S/C25H16BrNO7/c1-32-25(31)13-4-2-5-16(11-13)27-21(18-6-3-9-33-18)20(23(29)24(27)30)22(28)19-12-14-10-15(26)7-8-17(14)34-19/h2-12,21,29H,1H3. The Morgan fingerprint density at radius 2 is 1.91 bits per heavy atom. The van der Waals surface area contributed by atoms with Crippen molar-refractivity contribution in [2.45, 2.75) is 6.04 Å². The van der Waals surface area contributed by atoms with E-state index in [1.807, 2.05) is 0 Å².